The lowest BCUT2D eigenvalue weighted by Gasteiger charge is -2.27. The minimum absolute atomic E-state index is 0.0161. The van der Waals surface area contributed by atoms with Gasteiger partial charge in [-0.3, -0.25) is 33.8 Å². The van der Waals surface area contributed by atoms with Crippen LogP contribution in [0.3, 0.4) is 0 Å². The van der Waals surface area contributed by atoms with Crippen molar-refractivity contribution in [2.24, 2.45) is 0 Å². The monoisotopic (exact) mass is 901 g/mol. The molecule has 5 heterocycles. The highest BCUT2D eigenvalue weighted by Crippen LogP contribution is 2.29. The van der Waals surface area contributed by atoms with E-state index in [0.717, 1.165) is 5.69 Å². The van der Waals surface area contributed by atoms with Gasteiger partial charge in [-0.2, -0.15) is 9.97 Å². The quantitative estimate of drug-likeness (QED) is 0.0606. The molecule has 0 aliphatic carbocycles. The molecule has 0 fully saturated rings. The standard InChI is InChI=1S/C20H21N7O6.C19H23N7O6/c21-20-24-16-15(18(31)25-20)27-9-26(8-12(27)7-22-16)11-3-1-10(2-4-11)17(30)23-13(19(32)33)5-6-14(28)29;20-19-25-15-14(17(30)26-19)23-11(8-22-15)7-21-10-3-1-9(2-4-10)16(29)24-12(18(31)32)5-6-13(27)28/h1-4,9,12-13H,5-8H2,(H6-,21,22,23,24,25,28,29,30,31,32,33);1-4,11-12,21,23H,5-8H2,(H,24,29)(H,27,28)(H,31,32)(H4,20,22,25,26,30)/p+1/t12-,13+;11-,12+/m11/s1. The summed E-state index contributed by atoms with van der Waals surface area (Å²) >= 11 is 0. The molecule has 3 aliphatic rings. The van der Waals surface area contributed by atoms with E-state index in [0.29, 0.717) is 54.9 Å². The van der Waals surface area contributed by atoms with Crippen LogP contribution in [0.15, 0.2) is 58.1 Å². The number of hydrogen-bond donors (Lipinski definition) is 14. The minimum atomic E-state index is -1.30. The Morgan fingerprint density at radius 3 is 1.91 bits per heavy atom. The predicted octanol–water partition coefficient (Wildman–Crippen LogP) is -0.895. The Morgan fingerprint density at radius 1 is 0.769 bits per heavy atom. The van der Waals surface area contributed by atoms with Gasteiger partial charge in [0.1, 0.15) is 35.8 Å². The van der Waals surface area contributed by atoms with Gasteiger partial charge in [-0.25, -0.2) is 19.1 Å². The van der Waals surface area contributed by atoms with Crippen LogP contribution in [0, 0.1) is 0 Å². The third-order valence-electron chi connectivity index (χ3n) is 10.2. The van der Waals surface area contributed by atoms with E-state index in [1.165, 1.54) is 12.1 Å². The number of anilines is 7. The van der Waals surface area contributed by atoms with Crippen molar-refractivity contribution in [3.05, 3.63) is 80.4 Å². The maximum Gasteiger partial charge on any atom is 0.326 e. The van der Waals surface area contributed by atoms with Crippen molar-refractivity contribution in [2.45, 2.75) is 49.9 Å². The number of nitrogen functional groups attached to an aromatic ring is 2. The summed E-state index contributed by atoms with van der Waals surface area (Å²) in [6.45, 7) is 2.12. The van der Waals surface area contributed by atoms with Crippen LogP contribution < -0.4 is 59.4 Å². The van der Waals surface area contributed by atoms with E-state index in [4.69, 9.17) is 26.8 Å². The molecule has 0 bridgehead atoms. The molecule has 4 atom stereocenters. The molecule has 65 heavy (non-hydrogen) atoms. The third kappa shape index (κ3) is 11.6. The second-order valence-corrected chi connectivity index (χ2v) is 14.9. The number of aromatic nitrogens is 4. The van der Waals surface area contributed by atoms with Gasteiger partial charge >= 0.3 is 29.4 Å². The van der Waals surface area contributed by atoms with Crippen LogP contribution in [-0.4, -0.2) is 137 Å². The smallest absolute Gasteiger partial charge is 0.326 e. The summed E-state index contributed by atoms with van der Waals surface area (Å²) in [5.41, 5.74) is 13.0. The van der Waals surface area contributed by atoms with Crippen molar-refractivity contribution < 1.29 is 53.8 Å². The van der Waals surface area contributed by atoms with E-state index in [1.807, 2.05) is 9.48 Å². The number of carboxylic acids is 4. The Kier molecular flexibility index (Phi) is 14.1. The van der Waals surface area contributed by atoms with Crippen LogP contribution >= 0.6 is 0 Å². The van der Waals surface area contributed by atoms with E-state index >= 15 is 0 Å². The summed E-state index contributed by atoms with van der Waals surface area (Å²) in [7, 11) is 0. The third-order valence-corrected chi connectivity index (χ3v) is 10.2. The van der Waals surface area contributed by atoms with Crippen LogP contribution in [0.25, 0.3) is 0 Å². The molecule has 16 N–H and O–H groups in total. The highest BCUT2D eigenvalue weighted by Gasteiger charge is 2.39. The first kappa shape index (κ1) is 45.8. The fourth-order valence-electron chi connectivity index (χ4n) is 6.92. The van der Waals surface area contributed by atoms with Gasteiger partial charge in [-0.1, -0.05) is 0 Å². The zero-order valence-electron chi connectivity index (χ0n) is 34.2. The molecular weight excluding hydrogens is 857 g/mol. The average molecular weight is 902 g/mol. The normalized spacial score (nSPS) is 16.4. The van der Waals surface area contributed by atoms with Gasteiger partial charge in [0.2, 0.25) is 23.9 Å². The number of amides is 2. The molecule has 0 spiro atoms. The lowest BCUT2D eigenvalue weighted by atomic mass is 10.1. The SMILES string of the molecule is Nc1nc(=O)c2c([nH]1)NC[C@@H](CNc1ccc(C(=O)N[C@@H](CCC(=O)O)C(=O)O)cc1)N2.Nc1nc2c(c(=O)[nH]1)[N+]1=CN(c3ccc(C(=O)N[C@@H](CCC(=O)O)C(=O)O)cc3)C[C@H]1CN2. The Hall–Kier alpha value is -8.71. The molecule has 2 aromatic carbocycles. The zero-order valence-corrected chi connectivity index (χ0v) is 34.2. The topological polar surface area (TPSA) is 405 Å². The molecule has 3 aliphatic heterocycles. The van der Waals surface area contributed by atoms with Crippen LogP contribution in [0.5, 0.6) is 0 Å². The fourth-order valence-corrected chi connectivity index (χ4v) is 6.92. The first-order chi connectivity index (χ1) is 30.9. The van der Waals surface area contributed by atoms with E-state index in [1.54, 1.807) is 42.7 Å². The summed E-state index contributed by atoms with van der Waals surface area (Å²) in [6, 6.07) is 10.1. The zero-order chi connectivity index (χ0) is 46.9. The van der Waals surface area contributed by atoms with Crippen molar-refractivity contribution in [1.29, 1.82) is 0 Å². The van der Waals surface area contributed by atoms with Crippen molar-refractivity contribution in [1.82, 2.24) is 30.6 Å². The molecule has 0 saturated heterocycles. The molecule has 2 amide bonds. The second kappa shape index (κ2) is 20.0. The number of nitrogens with zero attached hydrogens (tertiary/aromatic N) is 4. The number of carbonyl (C=O) groups excluding carboxylic acids is 2. The van der Waals surface area contributed by atoms with E-state index in [9.17, 15) is 43.5 Å². The summed E-state index contributed by atoms with van der Waals surface area (Å²) in [4.78, 5) is 108. The number of rotatable bonds is 16. The first-order valence-electron chi connectivity index (χ1n) is 19.8. The molecular formula is C39H45N14O12+. The maximum atomic E-state index is 12.4. The number of nitrogens with one attached hydrogen (secondary N) is 8. The minimum Gasteiger partial charge on any atom is -0.481 e. The number of H-pyrrole nitrogens is 2. The average Bonchev–Trinajstić information content (AvgIpc) is 3.70. The number of aliphatic carboxylic acids is 4. The van der Waals surface area contributed by atoms with E-state index in [2.05, 4.69) is 51.8 Å². The molecule has 2 aromatic heterocycles. The number of aromatic amines is 2. The number of carbonyl (C=O) groups is 6. The molecule has 26 nitrogen and oxygen atoms in total. The van der Waals surface area contributed by atoms with Crippen molar-refractivity contribution in [2.75, 3.05) is 63.8 Å². The predicted molar refractivity (Wildman–Crippen MR) is 233 cm³/mol. The van der Waals surface area contributed by atoms with Crippen LogP contribution in [-0.2, 0) is 19.2 Å². The van der Waals surface area contributed by atoms with Crippen LogP contribution in [0.4, 0.5) is 46.3 Å². The van der Waals surface area contributed by atoms with Gasteiger partial charge in [-0.05, 0) is 61.4 Å². The fraction of sp³-hybridized carbons (Fsp3) is 0.308. The van der Waals surface area contributed by atoms with Gasteiger partial charge in [0.15, 0.2) is 11.9 Å². The highest BCUT2D eigenvalue weighted by molar-refractivity contribution is 5.98. The lowest BCUT2D eigenvalue weighted by molar-refractivity contribution is -0.468. The Bertz CT molecular complexity index is 2630. The Balaban J connectivity index is 0.000000216. The molecule has 7 rings (SSSR count). The number of carboxylic acid groups (broad SMARTS) is 4. The Morgan fingerprint density at radius 2 is 1.34 bits per heavy atom. The molecule has 26 heteroatoms. The van der Waals surface area contributed by atoms with Crippen LogP contribution in [0.1, 0.15) is 46.4 Å². The largest absolute Gasteiger partial charge is 0.481 e. The lowest BCUT2D eigenvalue weighted by Crippen LogP contribution is -2.41. The number of hydrogen-bond acceptors (Lipinski definition) is 17. The van der Waals surface area contributed by atoms with Gasteiger partial charge in [0.05, 0.1) is 12.6 Å². The summed E-state index contributed by atoms with van der Waals surface area (Å²) < 4.78 is 1.83. The molecule has 0 unspecified atom stereocenters. The summed E-state index contributed by atoms with van der Waals surface area (Å²) in [5, 5.41) is 52.9. The van der Waals surface area contributed by atoms with E-state index < -0.39 is 53.3 Å². The van der Waals surface area contributed by atoms with Gasteiger partial charge in [0.25, 0.3) is 17.4 Å². The van der Waals surface area contributed by atoms with Crippen molar-refractivity contribution >= 4 is 88.3 Å². The summed E-state index contributed by atoms with van der Waals surface area (Å²) in [5.74, 6) is -5.16. The number of benzene rings is 2. The van der Waals surface area contributed by atoms with Gasteiger partial charge < -0.3 is 68.8 Å². The molecule has 0 radical (unpaired) electrons. The summed E-state index contributed by atoms with van der Waals surface area (Å²) in [6.07, 6.45) is 0.612. The number of fused-ring (bicyclic) bond motifs is 4. The van der Waals surface area contributed by atoms with E-state index in [-0.39, 0.29) is 66.3 Å². The number of nitrogens with two attached hydrogens (primary N) is 2. The highest BCUT2D eigenvalue weighted by atomic mass is 16.4. The van der Waals surface area contributed by atoms with Gasteiger partial charge in [-0.15, -0.1) is 0 Å². The molecule has 0 saturated carbocycles. The second-order valence-electron chi connectivity index (χ2n) is 14.9. The van der Waals surface area contributed by atoms with Crippen molar-refractivity contribution in [3.8, 4) is 0 Å². The van der Waals surface area contributed by atoms with Gasteiger partial charge in [0, 0.05) is 42.7 Å². The van der Waals surface area contributed by atoms with Crippen LogP contribution in [0.2, 0.25) is 0 Å². The molecule has 342 valence electrons. The van der Waals surface area contributed by atoms with Crippen molar-refractivity contribution in [3.63, 3.8) is 0 Å². The Labute approximate surface area is 366 Å². The maximum absolute atomic E-state index is 12.4. The molecule has 4 aromatic rings. The first-order valence-corrected chi connectivity index (χ1v) is 19.8.